The standard InChI is InChI=1S/C12H10FN3O2/c13-9-1-3-10(4-2-9)14-15-11-5-7-12(8-6-11)16(17)18/h1-8,14-15H. The summed E-state index contributed by atoms with van der Waals surface area (Å²) in [5, 5.41) is 10.5. The monoisotopic (exact) mass is 247 g/mol. The number of nitrogens with one attached hydrogen (secondary N) is 2. The number of anilines is 2. The van der Waals surface area contributed by atoms with Gasteiger partial charge in [-0.05, 0) is 36.4 Å². The predicted octanol–water partition coefficient (Wildman–Crippen LogP) is 3.17. The minimum atomic E-state index is -0.461. The lowest BCUT2D eigenvalue weighted by molar-refractivity contribution is -0.384. The minimum Gasteiger partial charge on any atom is -0.301 e. The summed E-state index contributed by atoms with van der Waals surface area (Å²) in [5.41, 5.74) is 7.09. The van der Waals surface area contributed by atoms with Crippen LogP contribution in [-0.4, -0.2) is 4.92 Å². The van der Waals surface area contributed by atoms with Gasteiger partial charge in [0, 0.05) is 12.1 Å². The molecule has 2 aromatic rings. The van der Waals surface area contributed by atoms with Gasteiger partial charge in [-0.25, -0.2) is 4.39 Å². The lowest BCUT2D eigenvalue weighted by atomic mass is 10.3. The Morgan fingerprint density at radius 2 is 1.33 bits per heavy atom. The van der Waals surface area contributed by atoms with Gasteiger partial charge in [-0.1, -0.05) is 0 Å². The van der Waals surface area contributed by atoms with Crippen LogP contribution in [0.3, 0.4) is 0 Å². The molecular weight excluding hydrogens is 237 g/mol. The van der Waals surface area contributed by atoms with Crippen molar-refractivity contribution < 1.29 is 9.31 Å². The minimum absolute atomic E-state index is 0.0299. The maximum atomic E-state index is 12.7. The Kier molecular flexibility index (Phi) is 3.38. The van der Waals surface area contributed by atoms with Crippen LogP contribution in [0.25, 0.3) is 0 Å². The number of halogens is 1. The van der Waals surface area contributed by atoms with Crippen LogP contribution in [-0.2, 0) is 0 Å². The van der Waals surface area contributed by atoms with Crippen molar-refractivity contribution in [3.63, 3.8) is 0 Å². The van der Waals surface area contributed by atoms with Crippen LogP contribution in [0.4, 0.5) is 21.5 Å². The van der Waals surface area contributed by atoms with Gasteiger partial charge in [-0.2, -0.15) is 0 Å². The molecule has 2 rings (SSSR count). The normalized spacial score (nSPS) is 9.83. The van der Waals surface area contributed by atoms with E-state index in [0.717, 1.165) is 0 Å². The summed E-state index contributed by atoms with van der Waals surface area (Å²) in [6.07, 6.45) is 0. The average Bonchev–Trinajstić information content (AvgIpc) is 2.38. The quantitative estimate of drug-likeness (QED) is 0.643. The summed E-state index contributed by atoms with van der Waals surface area (Å²) in [7, 11) is 0. The van der Waals surface area contributed by atoms with Gasteiger partial charge < -0.3 is 10.9 Å². The van der Waals surface area contributed by atoms with Crippen LogP contribution in [0.15, 0.2) is 48.5 Å². The second-order valence-electron chi connectivity index (χ2n) is 3.56. The zero-order chi connectivity index (χ0) is 13.0. The molecule has 0 unspecified atom stereocenters. The van der Waals surface area contributed by atoms with Gasteiger partial charge >= 0.3 is 0 Å². The van der Waals surface area contributed by atoms with E-state index in [0.29, 0.717) is 11.4 Å². The molecule has 18 heavy (non-hydrogen) atoms. The van der Waals surface area contributed by atoms with E-state index in [1.54, 1.807) is 24.3 Å². The first-order valence-corrected chi connectivity index (χ1v) is 5.17. The molecular formula is C12H10FN3O2. The van der Waals surface area contributed by atoms with Crippen molar-refractivity contribution in [1.29, 1.82) is 0 Å². The summed E-state index contributed by atoms with van der Waals surface area (Å²) >= 11 is 0. The Morgan fingerprint density at radius 3 is 1.78 bits per heavy atom. The van der Waals surface area contributed by atoms with Gasteiger partial charge in [-0.15, -0.1) is 0 Å². The molecule has 0 atom stereocenters. The van der Waals surface area contributed by atoms with E-state index in [2.05, 4.69) is 10.9 Å². The Balaban J connectivity index is 1.97. The molecule has 0 radical (unpaired) electrons. The van der Waals surface area contributed by atoms with Crippen molar-refractivity contribution in [1.82, 2.24) is 0 Å². The average molecular weight is 247 g/mol. The van der Waals surface area contributed by atoms with E-state index < -0.39 is 4.92 Å². The molecule has 0 spiro atoms. The van der Waals surface area contributed by atoms with Gasteiger partial charge in [0.2, 0.25) is 0 Å². The molecule has 0 fully saturated rings. The van der Waals surface area contributed by atoms with Crippen molar-refractivity contribution in [2.45, 2.75) is 0 Å². The summed E-state index contributed by atoms with van der Waals surface area (Å²) in [6, 6.07) is 11.8. The highest BCUT2D eigenvalue weighted by atomic mass is 19.1. The SMILES string of the molecule is O=[N+]([O-])c1ccc(NNc2ccc(F)cc2)cc1. The second kappa shape index (κ2) is 5.13. The van der Waals surface area contributed by atoms with Crippen molar-refractivity contribution in [3.8, 4) is 0 Å². The maximum Gasteiger partial charge on any atom is 0.269 e. The molecule has 0 saturated heterocycles. The van der Waals surface area contributed by atoms with Crippen LogP contribution in [0.2, 0.25) is 0 Å². The molecule has 2 N–H and O–H groups in total. The first kappa shape index (κ1) is 11.8. The van der Waals surface area contributed by atoms with Gasteiger partial charge in [0.05, 0.1) is 16.3 Å². The van der Waals surface area contributed by atoms with Gasteiger partial charge in [-0.3, -0.25) is 10.1 Å². The van der Waals surface area contributed by atoms with Gasteiger partial charge in [0.15, 0.2) is 0 Å². The predicted molar refractivity (Wildman–Crippen MR) is 66.7 cm³/mol. The number of nitro groups is 1. The molecule has 5 nitrogen and oxygen atoms in total. The van der Waals surface area contributed by atoms with E-state index >= 15 is 0 Å². The zero-order valence-electron chi connectivity index (χ0n) is 9.26. The van der Waals surface area contributed by atoms with Crippen LogP contribution in [0.1, 0.15) is 0 Å². The summed E-state index contributed by atoms with van der Waals surface area (Å²) in [5.74, 6) is -0.309. The number of benzene rings is 2. The fourth-order valence-corrected chi connectivity index (χ4v) is 1.34. The number of hydrazine groups is 1. The van der Waals surface area contributed by atoms with E-state index in [1.165, 1.54) is 24.3 Å². The number of non-ortho nitro benzene ring substituents is 1. The molecule has 92 valence electrons. The smallest absolute Gasteiger partial charge is 0.269 e. The Labute approximate surface area is 102 Å². The topological polar surface area (TPSA) is 67.2 Å². The van der Waals surface area contributed by atoms with Crippen molar-refractivity contribution >= 4 is 17.1 Å². The highest BCUT2D eigenvalue weighted by Gasteiger charge is 2.03. The summed E-state index contributed by atoms with van der Waals surface area (Å²) in [6.45, 7) is 0. The first-order chi connectivity index (χ1) is 8.65. The molecule has 0 amide bonds. The number of nitro benzene ring substituents is 1. The summed E-state index contributed by atoms with van der Waals surface area (Å²) < 4.78 is 12.7. The van der Waals surface area contributed by atoms with E-state index in [1.807, 2.05) is 0 Å². The maximum absolute atomic E-state index is 12.7. The molecule has 0 aliphatic carbocycles. The number of rotatable bonds is 4. The lowest BCUT2D eigenvalue weighted by Crippen LogP contribution is -2.08. The van der Waals surface area contributed by atoms with Crippen molar-refractivity contribution in [2.24, 2.45) is 0 Å². The summed E-state index contributed by atoms with van der Waals surface area (Å²) in [4.78, 5) is 10.00. The third-order valence-corrected chi connectivity index (χ3v) is 2.27. The fourth-order valence-electron chi connectivity index (χ4n) is 1.34. The molecule has 2 aromatic carbocycles. The van der Waals surface area contributed by atoms with Gasteiger partial charge in [0.1, 0.15) is 5.82 Å². The second-order valence-corrected chi connectivity index (χ2v) is 3.56. The van der Waals surface area contributed by atoms with E-state index in [-0.39, 0.29) is 11.5 Å². The van der Waals surface area contributed by atoms with E-state index in [4.69, 9.17) is 0 Å². The molecule has 6 heteroatoms. The van der Waals surface area contributed by atoms with Crippen LogP contribution < -0.4 is 10.9 Å². The van der Waals surface area contributed by atoms with Gasteiger partial charge in [0.25, 0.3) is 5.69 Å². The Bertz CT molecular complexity index is 540. The number of hydrogen-bond acceptors (Lipinski definition) is 4. The highest BCUT2D eigenvalue weighted by molar-refractivity contribution is 5.54. The number of nitrogens with zero attached hydrogens (tertiary/aromatic N) is 1. The molecule has 0 heterocycles. The zero-order valence-corrected chi connectivity index (χ0v) is 9.26. The largest absolute Gasteiger partial charge is 0.301 e. The highest BCUT2D eigenvalue weighted by Crippen LogP contribution is 2.16. The third-order valence-electron chi connectivity index (χ3n) is 2.27. The molecule has 0 aliphatic rings. The first-order valence-electron chi connectivity index (χ1n) is 5.17. The lowest BCUT2D eigenvalue weighted by Gasteiger charge is -2.09. The van der Waals surface area contributed by atoms with Crippen LogP contribution in [0, 0.1) is 15.9 Å². The third kappa shape index (κ3) is 2.94. The van der Waals surface area contributed by atoms with Crippen LogP contribution >= 0.6 is 0 Å². The Hall–Kier alpha value is -2.63. The molecule has 0 saturated carbocycles. The molecule has 0 aromatic heterocycles. The fraction of sp³-hybridized carbons (Fsp3) is 0. The van der Waals surface area contributed by atoms with Crippen LogP contribution in [0.5, 0.6) is 0 Å². The van der Waals surface area contributed by atoms with Crippen molar-refractivity contribution in [2.75, 3.05) is 10.9 Å². The van der Waals surface area contributed by atoms with Crippen molar-refractivity contribution in [3.05, 3.63) is 64.5 Å². The molecule has 0 aliphatic heterocycles. The molecule has 0 bridgehead atoms. The number of hydrogen-bond donors (Lipinski definition) is 2. The Morgan fingerprint density at radius 1 is 0.889 bits per heavy atom. The van der Waals surface area contributed by atoms with E-state index in [9.17, 15) is 14.5 Å².